The van der Waals surface area contributed by atoms with Crippen LogP contribution in [0.1, 0.15) is 0 Å². The Hall–Kier alpha value is -1.74. The molecule has 0 unspecified atom stereocenters. The highest BCUT2D eigenvalue weighted by molar-refractivity contribution is 6.46. The maximum absolute atomic E-state index is 5.57. The second-order valence-corrected chi connectivity index (χ2v) is 3.75. The zero-order chi connectivity index (χ0) is 11.8. The molecule has 0 amide bonds. The first-order chi connectivity index (χ1) is 8.45. The molecule has 0 bridgehead atoms. The molecule has 0 aromatic heterocycles. The van der Waals surface area contributed by atoms with Crippen LogP contribution in [0.15, 0.2) is 54.6 Å². The van der Waals surface area contributed by atoms with Gasteiger partial charge >= 0.3 is 7.48 Å². The molecule has 0 aliphatic rings. The second kappa shape index (κ2) is 6.76. The van der Waals surface area contributed by atoms with Gasteiger partial charge in [0.05, 0.1) is 0 Å². The Labute approximate surface area is 103 Å². The van der Waals surface area contributed by atoms with Gasteiger partial charge in [-0.05, 0) is 18.2 Å². The van der Waals surface area contributed by atoms with Crippen molar-refractivity contribution in [3.63, 3.8) is 0 Å². The summed E-state index contributed by atoms with van der Waals surface area (Å²) in [6.45, 7) is 1.52. The standard InChI is InChI=1S/C14H15BNO/c1-3-7-13(8-4-1)15-17-12-11-16-14-9-5-2-6-10-14/h2-10,15-16H,11-12H2. The molecule has 1 N–H and O–H groups in total. The lowest BCUT2D eigenvalue weighted by atomic mass is 9.88. The SMILES string of the molecule is B(OCCNc1ccccc1)c1cc[c]cc1. The lowest BCUT2D eigenvalue weighted by Crippen LogP contribution is -2.20. The maximum atomic E-state index is 5.57. The van der Waals surface area contributed by atoms with E-state index in [4.69, 9.17) is 4.65 Å². The van der Waals surface area contributed by atoms with Gasteiger partial charge in [-0.2, -0.15) is 0 Å². The van der Waals surface area contributed by atoms with Gasteiger partial charge in [0, 0.05) is 18.8 Å². The monoisotopic (exact) mass is 224 g/mol. The summed E-state index contributed by atoms with van der Waals surface area (Å²) in [6.07, 6.45) is 0. The summed E-state index contributed by atoms with van der Waals surface area (Å²) in [5, 5.41) is 3.30. The van der Waals surface area contributed by atoms with Crippen molar-refractivity contribution >= 4 is 18.6 Å². The van der Waals surface area contributed by atoms with Crippen LogP contribution in [0.4, 0.5) is 5.69 Å². The highest BCUT2D eigenvalue weighted by Gasteiger charge is 1.95. The molecule has 0 fully saturated rings. The predicted octanol–water partition coefficient (Wildman–Crippen LogP) is 1.59. The van der Waals surface area contributed by atoms with Crippen molar-refractivity contribution in [3.05, 3.63) is 60.7 Å². The van der Waals surface area contributed by atoms with E-state index in [2.05, 4.69) is 11.4 Å². The average Bonchev–Trinajstić information content (AvgIpc) is 2.41. The van der Waals surface area contributed by atoms with Gasteiger partial charge in [-0.15, -0.1) is 0 Å². The highest BCUT2D eigenvalue weighted by Crippen LogP contribution is 2.03. The van der Waals surface area contributed by atoms with Gasteiger partial charge in [0.25, 0.3) is 0 Å². The van der Waals surface area contributed by atoms with Crippen LogP contribution in [0, 0.1) is 6.07 Å². The Balaban J connectivity index is 1.61. The fourth-order valence-electron chi connectivity index (χ4n) is 1.53. The number of rotatable bonds is 6. The largest absolute Gasteiger partial charge is 0.433 e. The van der Waals surface area contributed by atoms with Gasteiger partial charge in [-0.1, -0.05) is 47.9 Å². The lowest BCUT2D eigenvalue weighted by molar-refractivity contribution is 0.359. The van der Waals surface area contributed by atoms with Crippen LogP contribution < -0.4 is 10.8 Å². The molecule has 0 saturated carbocycles. The zero-order valence-corrected chi connectivity index (χ0v) is 9.73. The Kier molecular flexibility index (Phi) is 4.67. The van der Waals surface area contributed by atoms with E-state index in [1.54, 1.807) is 0 Å². The zero-order valence-electron chi connectivity index (χ0n) is 9.73. The number of nitrogens with one attached hydrogen (secondary N) is 1. The molecule has 2 nitrogen and oxygen atoms in total. The summed E-state index contributed by atoms with van der Waals surface area (Å²) < 4.78 is 5.57. The molecule has 0 aliphatic heterocycles. The fraction of sp³-hybridized carbons (Fsp3) is 0.143. The van der Waals surface area contributed by atoms with Gasteiger partial charge in [-0.25, -0.2) is 0 Å². The molecule has 0 saturated heterocycles. The third-order valence-electron chi connectivity index (χ3n) is 2.41. The maximum Gasteiger partial charge on any atom is 0.308 e. The van der Waals surface area contributed by atoms with Crippen LogP contribution in [-0.2, 0) is 4.65 Å². The molecular formula is C14H15BNO. The van der Waals surface area contributed by atoms with Gasteiger partial charge in [0.1, 0.15) is 0 Å². The van der Waals surface area contributed by atoms with Gasteiger partial charge in [-0.3, -0.25) is 0 Å². The molecule has 0 atom stereocenters. The minimum Gasteiger partial charge on any atom is -0.433 e. The Morgan fingerprint density at radius 3 is 2.59 bits per heavy atom. The number of anilines is 1. The summed E-state index contributed by atoms with van der Waals surface area (Å²) in [5.74, 6) is 0. The van der Waals surface area contributed by atoms with E-state index in [-0.39, 0.29) is 0 Å². The average molecular weight is 224 g/mol. The van der Waals surface area contributed by atoms with E-state index in [1.165, 1.54) is 5.46 Å². The fourth-order valence-corrected chi connectivity index (χ4v) is 1.53. The minimum atomic E-state index is 0.658. The number of hydrogen-bond acceptors (Lipinski definition) is 2. The quantitative estimate of drug-likeness (QED) is 0.594. The molecule has 3 heteroatoms. The third-order valence-corrected chi connectivity index (χ3v) is 2.41. The molecule has 17 heavy (non-hydrogen) atoms. The number of hydrogen-bond donors (Lipinski definition) is 1. The molecule has 0 heterocycles. The van der Waals surface area contributed by atoms with Crippen molar-refractivity contribution in [2.24, 2.45) is 0 Å². The van der Waals surface area contributed by atoms with Crippen molar-refractivity contribution in [1.29, 1.82) is 0 Å². The van der Waals surface area contributed by atoms with Crippen LogP contribution in [0.2, 0.25) is 0 Å². The van der Waals surface area contributed by atoms with Crippen LogP contribution in [0.5, 0.6) is 0 Å². The van der Waals surface area contributed by atoms with Crippen molar-refractivity contribution in [1.82, 2.24) is 0 Å². The highest BCUT2D eigenvalue weighted by atomic mass is 16.4. The normalized spacial score (nSPS) is 9.88. The molecule has 0 aliphatic carbocycles. The Morgan fingerprint density at radius 1 is 1.06 bits per heavy atom. The minimum absolute atomic E-state index is 0.658. The molecule has 85 valence electrons. The third kappa shape index (κ3) is 4.33. The van der Waals surface area contributed by atoms with E-state index in [1.807, 2.05) is 54.6 Å². The van der Waals surface area contributed by atoms with Crippen molar-refractivity contribution < 1.29 is 4.65 Å². The summed E-state index contributed by atoms with van der Waals surface area (Å²) in [7, 11) is 0.658. The molecule has 1 radical (unpaired) electrons. The summed E-state index contributed by atoms with van der Waals surface area (Å²) in [6, 6.07) is 21.0. The van der Waals surface area contributed by atoms with Crippen LogP contribution in [0.25, 0.3) is 0 Å². The first-order valence-electron chi connectivity index (χ1n) is 5.77. The van der Waals surface area contributed by atoms with Crippen LogP contribution >= 0.6 is 0 Å². The first-order valence-corrected chi connectivity index (χ1v) is 5.77. The van der Waals surface area contributed by atoms with E-state index < -0.39 is 0 Å². The molecular weight excluding hydrogens is 209 g/mol. The summed E-state index contributed by atoms with van der Waals surface area (Å²) in [5.41, 5.74) is 2.31. The molecule has 0 spiro atoms. The molecule has 2 aromatic rings. The number of benzene rings is 2. The van der Waals surface area contributed by atoms with Gasteiger partial charge < -0.3 is 9.97 Å². The van der Waals surface area contributed by atoms with Crippen molar-refractivity contribution in [2.45, 2.75) is 0 Å². The molecule has 2 rings (SSSR count). The van der Waals surface area contributed by atoms with Crippen molar-refractivity contribution in [2.75, 3.05) is 18.5 Å². The summed E-state index contributed by atoms with van der Waals surface area (Å²) in [4.78, 5) is 0. The van der Waals surface area contributed by atoms with E-state index in [9.17, 15) is 0 Å². The topological polar surface area (TPSA) is 21.3 Å². The first kappa shape index (κ1) is 11.7. The molecule has 2 aromatic carbocycles. The Bertz CT molecular complexity index is 377. The van der Waals surface area contributed by atoms with Crippen molar-refractivity contribution in [3.8, 4) is 0 Å². The summed E-state index contributed by atoms with van der Waals surface area (Å²) >= 11 is 0. The lowest BCUT2D eigenvalue weighted by Gasteiger charge is -2.06. The predicted molar refractivity (Wildman–Crippen MR) is 72.9 cm³/mol. The van der Waals surface area contributed by atoms with Crippen LogP contribution in [-0.4, -0.2) is 20.6 Å². The second-order valence-electron chi connectivity index (χ2n) is 3.75. The van der Waals surface area contributed by atoms with Crippen LogP contribution in [0.3, 0.4) is 0 Å². The van der Waals surface area contributed by atoms with E-state index >= 15 is 0 Å². The van der Waals surface area contributed by atoms with E-state index in [0.717, 1.165) is 12.2 Å². The van der Waals surface area contributed by atoms with Gasteiger partial charge in [0.2, 0.25) is 0 Å². The van der Waals surface area contributed by atoms with Gasteiger partial charge in [0.15, 0.2) is 0 Å². The van der Waals surface area contributed by atoms with E-state index in [0.29, 0.717) is 14.1 Å². The Morgan fingerprint density at radius 2 is 1.82 bits per heavy atom. The number of para-hydroxylation sites is 1. The smallest absolute Gasteiger partial charge is 0.308 e.